The Bertz CT molecular complexity index is 498. The second-order valence-electron chi connectivity index (χ2n) is 4.18. The Labute approximate surface area is 83.5 Å². The first kappa shape index (κ1) is 7.92. The van der Waals surface area contributed by atoms with E-state index < -0.39 is 0 Å². The van der Waals surface area contributed by atoms with Crippen molar-refractivity contribution in [2.45, 2.75) is 25.9 Å². The topological polar surface area (TPSA) is 17.0 Å². The van der Waals surface area contributed by atoms with Crippen molar-refractivity contribution in [1.82, 2.24) is 4.57 Å². The van der Waals surface area contributed by atoms with Crippen molar-refractivity contribution in [2.75, 3.05) is 5.32 Å². The highest BCUT2D eigenvalue weighted by atomic mass is 15.3. The van der Waals surface area contributed by atoms with Crippen LogP contribution in [-0.4, -0.2) is 4.57 Å². The van der Waals surface area contributed by atoms with Crippen LogP contribution in [-0.2, 0) is 5.66 Å². The maximum atomic E-state index is 3.58. The van der Waals surface area contributed by atoms with Crippen LogP contribution in [0.15, 0.2) is 30.5 Å². The Morgan fingerprint density at radius 2 is 2.21 bits per heavy atom. The summed E-state index contributed by atoms with van der Waals surface area (Å²) in [5.41, 5.74) is 2.67. The molecule has 0 radical (unpaired) electrons. The van der Waals surface area contributed by atoms with E-state index in [0.29, 0.717) is 0 Å². The molecule has 2 nitrogen and oxygen atoms in total. The molecule has 1 aliphatic rings. The molecule has 1 N–H and O–H groups in total. The zero-order chi connectivity index (χ0) is 9.76. The fraction of sp³-hybridized carbons (Fsp3) is 0.333. The lowest BCUT2D eigenvalue weighted by Crippen LogP contribution is -2.32. The second kappa shape index (κ2) is 2.32. The average molecular weight is 186 g/mol. The van der Waals surface area contributed by atoms with Crippen molar-refractivity contribution in [2.24, 2.45) is 0 Å². The van der Waals surface area contributed by atoms with E-state index >= 15 is 0 Å². The van der Waals surface area contributed by atoms with Crippen LogP contribution in [0.3, 0.4) is 0 Å². The fourth-order valence-electron chi connectivity index (χ4n) is 2.32. The molecule has 72 valence electrons. The molecule has 0 saturated heterocycles. The van der Waals surface area contributed by atoms with Gasteiger partial charge in [-0.2, -0.15) is 0 Å². The lowest BCUT2D eigenvalue weighted by molar-refractivity contribution is 0.383. The summed E-state index contributed by atoms with van der Waals surface area (Å²) in [5.74, 6) is 0. The lowest BCUT2D eigenvalue weighted by Gasteiger charge is -2.26. The Morgan fingerprint density at radius 1 is 1.36 bits per heavy atom. The van der Waals surface area contributed by atoms with Crippen LogP contribution in [0.4, 0.5) is 5.69 Å². The van der Waals surface area contributed by atoms with E-state index in [1.54, 1.807) is 0 Å². The van der Waals surface area contributed by atoms with Gasteiger partial charge in [-0.05, 0) is 25.5 Å². The maximum absolute atomic E-state index is 3.58. The molecule has 14 heavy (non-hydrogen) atoms. The maximum Gasteiger partial charge on any atom is 0.111 e. The summed E-state index contributed by atoms with van der Waals surface area (Å²) in [6, 6.07) is 8.61. The highest BCUT2D eigenvalue weighted by Gasteiger charge is 2.31. The third-order valence-electron chi connectivity index (χ3n) is 3.34. The first-order valence-electron chi connectivity index (χ1n) is 5.13. The number of rotatable bonds is 1. The molecule has 0 aliphatic carbocycles. The minimum Gasteiger partial charge on any atom is -0.361 e. The zero-order valence-electron chi connectivity index (χ0n) is 8.54. The lowest BCUT2D eigenvalue weighted by atomic mass is 10.1. The number of nitrogens with one attached hydrogen (secondary N) is 1. The normalized spacial score (nSPS) is 24.1. The van der Waals surface area contributed by atoms with Gasteiger partial charge in [0.25, 0.3) is 0 Å². The van der Waals surface area contributed by atoms with Gasteiger partial charge >= 0.3 is 0 Å². The molecule has 0 bridgehead atoms. The summed E-state index contributed by atoms with van der Waals surface area (Å²) in [4.78, 5) is 0. The summed E-state index contributed by atoms with van der Waals surface area (Å²) in [6.07, 6.45) is 3.27. The van der Waals surface area contributed by atoms with E-state index in [-0.39, 0.29) is 5.66 Å². The van der Waals surface area contributed by atoms with E-state index in [0.717, 1.165) is 6.42 Å². The van der Waals surface area contributed by atoms with Gasteiger partial charge in [0.1, 0.15) is 5.66 Å². The smallest absolute Gasteiger partial charge is 0.111 e. The van der Waals surface area contributed by atoms with Gasteiger partial charge in [-0.15, -0.1) is 0 Å². The summed E-state index contributed by atoms with van der Waals surface area (Å²) in [5, 5.41) is 4.90. The van der Waals surface area contributed by atoms with Gasteiger partial charge in [0.15, 0.2) is 0 Å². The van der Waals surface area contributed by atoms with Crippen LogP contribution >= 0.6 is 0 Å². The molecule has 3 rings (SSSR count). The molecule has 0 fully saturated rings. The number of nitrogens with zero attached hydrogens (tertiary/aromatic N) is 1. The molecule has 2 aromatic rings. The Kier molecular flexibility index (Phi) is 1.31. The van der Waals surface area contributed by atoms with Crippen molar-refractivity contribution in [1.29, 1.82) is 0 Å². The van der Waals surface area contributed by atoms with Crippen LogP contribution in [0.5, 0.6) is 0 Å². The SMILES string of the molecule is CCC1(C)Nc2cccc3ccn1c23. The minimum atomic E-state index is 0.0609. The van der Waals surface area contributed by atoms with Crippen LogP contribution in [0.25, 0.3) is 10.9 Å². The Morgan fingerprint density at radius 3 is 3.00 bits per heavy atom. The van der Waals surface area contributed by atoms with Crippen molar-refractivity contribution in [3.05, 3.63) is 30.5 Å². The predicted octanol–water partition coefficient (Wildman–Crippen LogP) is 3.15. The number of para-hydroxylation sites is 1. The second-order valence-corrected chi connectivity index (χ2v) is 4.18. The zero-order valence-corrected chi connectivity index (χ0v) is 8.54. The molecule has 1 unspecified atom stereocenters. The number of benzene rings is 1. The first-order chi connectivity index (χ1) is 6.74. The van der Waals surface area contributed by atoms with Crippen molar-refractivity contribution in [3.8, 4) is 0 Å². The number of hydrogen-bond acceptors (Lipinski definition) is 1. The van der Waals surface area contributed by atoms with Gasteiger partial charge in [-0.1, -0.05) is 19.1 Å². The molecule has 2 heteroatoms. The molecular formula is C12H14N2. The van der Waals surface area contributed by atoms with E-state index in [2.05, 4.69) is 54.2 Å². The highest BCUT2D eigenvalue weighted by Crippen LogP contribution is 2.39. The molecule has 1 aromatic heterocycles. The number of hydrogen-bond donors (Lipinski definition) is 1. The summed E-state index contributed by atoms with van der Waals surface area (Å²) in [7, 11) is 0. The van der Waals surface area contributed by atoms with Crippen LogP contribution in [0.2, 0.25) is 0 Å². The van der Waals surface area contributed by atoms with Crippen molar-refractivity contribution < 1.29 is 0 Å². The van der Waals surface area contributed by atoms with Gasteiger partial charge < -0.3 is 9.88 Å². The third-order valence-corrected chi connectivity index (χ3v) is 3.34. The predicted molar refractivity (Wildman–Crippen MR) is 59.5 cm³/mol. The largest absolute Gasteiger partial charge is 0.361 e. The monoisotopic (exact) mass is 186 g/mol. The van der Waals surface area contributed by atoms with Gasteiger partial charge in [0, 0.05) is 11.6 Å². The summed E-state index contributed by atoms with van der Waals surface area (Å²) < 4.78 is 2.34. The fourth-order valence-corrected chi connectivity index (χ4v) is 2.32. The number of anilines is 1. The van der Waals surface area contributed by atoms with E-state index in [9.17, 15) is 0 Å². The van der Waals surface area contributed by atoms with Gasteiger partial charge in [-0.25, -0.2) is 0 Å². The Hall–Kier alpha value is -1.44. The quantitative estimate of drug-likeness (QED) is 0.724. The van der Waals surface area contributed by atoms with Crippen LogP contribution in [0, 0.1) is 0 Å². The van der Waals surface area contributed by atoms with Gasteiger partial charge in [-0.3, -0.25) is 0 Å². The molecule has 0 saturated carbocycles. The standard InChI is InChI=1S/C12H14N2/c1-3-12(2)13-10-6-4-5-9-7-8-14(12)11(9)10/h4-8,13H,3H2,1-2H3. The van der Waals surface area contributed by atoms with Crippen LogP contribution in [0.1, 0.15) is 20.3 Å². The Balaban J connectivity index is 2.38. The van der Waals surface area contributed by atoms with Crippen LogP contribution < -0.4 is 5.32 Å². The van der Waals surface area contributed by atoms with Crippen molar-refractivity contribution >= 4 is 16.6 Å². The number of aromatic nitrogens is 1. The first-order valence-corrected chi connectivity index (χ1v) is 5.13. The molecule has 0 spiro atoms. The summed E-state index contributed by atoms with van der Waals surface area (Å²) >= 11 is 0. The molecule has 2 heterocycles. The molecule has 1 aromatic carbocycles. The highest BCUT2D eigenvalue weighted by molar-refractivity contribution is 5.94. The van der Waals surface area contributed by atoms with E-state index in [1.807, 2.05) is 0 Å². The minimum absolute atomic E-state index is 0.0609. The molecular weight excluding hydrogens is 172 g/mol. The van der Waals surface area contributed by atoms with E-state index in [1.165, 1.54) is 16.6 Å². The molecule has 1 aliphatic heterocycles. The van der Waals surface area contributed by atoms with E-state index in [4.69, 9.17) is 0 Å². The molecule has 1 atom stereocenters. The van der Waals surface area contributed by atoms with Gasteiger partial charge in [0.2, 0.25) is 0 Å². The average Bonchev–Trinajstić information content (AvgIpc) is 2.73. The van der Waals surface area contributed by atoms with Gasteiger partial charge in [0.05, 0.1) is 11.2 Å². The molecule has 0 amide bonds. The summed E-state index contributed by atoms with van der Waals surface area (Å²) in [6.45, 7) is 4.46. The van der Waals surface area contributed by atoms with Crippen molar-refractivity contribution in [3.63, 3.8) is 0 Å². The third kappa shape index (κ3) is 0.763.